The summed E-state index contributed by atoms with van der Waals surface area (Å²) in [5.74, 6) is 2.06. The monoisotopic (exact) mass is 409 g/mol. The molecule has 10 heteroatoms. The van der Waals surface area contributed by atoms with Crippen LogP contribution in [0.5, 0.6) is 11.5 Å². The van der Waals surface area contributed by atoms with Crippen molar-refractivity contribution in [3.63, 3.8) is 0 Å². The van der Waals surface area contributed by atoms with Gasteiger partial charge in [-0.15, -0.1) is 0 Å². The van der Waals surface area contributed by atoms with Crippen LogP contribution in [0.25, 0.3) is 10.9 Å². The summed E-state index contributed by atoms with van der Waals surface area (Å²) >= 11 is 0. The third kappa shape index (κ3) is 4.62. The molecule has 0 saturated carbocycles. The van der Waals surface area contributed by atoms with Crippen LogP contribution in [-0.2, 0) is 10.2 Å². The van der Waals surface area contributed by atoms with Crippen LogP contribution in [0.1, 0.15) is 26.2 Å². The molecule has 2 N–H and O–H groups in total. The Hall–Kier alpha value is -2.17. The summed E-state index contributed by atoms with van der Waals surface area (Å²) in [7, 11) is -0.267. The molecule has 0 atom stereocenters. The molecule has 0 aliphatic carbocycles. The van der Waals surface area contributed by atoms with E-state index in [1.165, 1.54) is 6.33 Å². The van der Waals surface area contributed by atoms with Crippen molar-refractivity contribution < 1.29 is 17.9 Å². The number of hydrogen-bond donors (Lipinski definition) is 2. The van der Waals surface area contributed by atoms with Gasteiger partial charge in [0.05, 0.1) is 19.7 Å². The first kappa shape index (κ1) is 20.6. The Bertz CT molecular complexity index is 914. The molecule has 154 valence electrons. The standard InChI is InChI=1S/C18H27N5O4S/c1-4-7-21-28(24,25)22-13-5-8-23(9-6-13)18-14-10-16(26-2)17(27-3)11-15(14)19-12-20-18/h10-13,21-22H,4-9H2,1-3H3. The maximum Gasteiger partial charge on any atom is 0.277 e. The predicted molar refractivity (Wildman–Crippen MR) is 108 cm³/mol. The van der Waals surface area contributed by atoms with Crippen molar-refractivity contribution in [1.82, 2.24) is 19.4 Å². The Morgan fingerprint density at radius 3 is 2.46 bits per heavy atom. The van der Waals surface area contributed by atoms with Gasteiger partial charge in [-0.25, -0.2) is 14.7 Å². The highest BCUT2D eigenvalue weighted by atomic mass is 32.2. The van der Waals surface area contributed by atoms with Crippen LogP contribution in [0, 0.1) is 0 Å². The van der Waals surface area contributed by atoms with E-state index >= 15 is 0 Å². The number of aromatic nitrogens is 2. The first-order chi connectivity index (χ1) is 13.5. The van der Waals surface area contributed by atoms with Gasteiger partial charge >= 0.3 is 0 Å². The molecule has 2 heterocycles. The molecule has 1 fully saturated rings. The Balaban J connectivity index is 1.75. The van der Waals surface area contributed by atoms with E-state index < -0.39 is 10.2 Å². The number of ether oxygens (including phenoxy) is 2. The van der Waals surface area contributed by atoms with E-state index in [1.807, 2.05) is 19.1 Å². The highest BCUT2D eigenvalue weighted by Gasteiger charge is 2.25. The van der Waals surface area contributed by atoms with Gasteiger partial charge in [0, 0.05) is 37.1 Å². The molecule has 1 aliphatic heterocycles. The molecule has 3 rings (SSSR count). The van der Waals surface area contributed by atoms with E-state index in [4.69, 9.17) is 9.47 Å². The predicted octanol–water partition coefficient (Wildman–Crippen LogP) is 1.45. The summed E-state index contributed by atoms with van der Waals surface area (Å²) in [6, 6.07) is 3.63. The molecule has 0 bridgehead atoms. The van der Waals surface area contributed by atoms with E-state index in [0.29, 0.717) is 44.0 Å². The Kier molecular flexibility index (Phi) is 6.53. The van der Waals surface area contributed by atoms with E-state index in [9.17, 15) is 8.42 Å². The van der Waals surface area contributed by atoms with Crippen LogP contribution in [0.15, 0.2) is 18.5 Å². The van der Waals surface area contributed by atoms with Gasteiger partial charge in [-0.1, -0.05) is 6.92 Å². The van der Waals surface area contributed by atoms with Crippen molar-refractivity contribution in [1.29, 1.82) is 0 Å². The lowest BCUT2D eigenvalue weighted by Gasteiger charge is -2.33. The smallest absolute Gasteiger partial charge is 0.277 e. The second-order valence-electron chi connectivity index (χ2n) is 6.70. The Labute approximate surface area is 165 Å². The number of piperidine rings is 1. The van der Waals surface area contributed by atoms with Gasteiger partial charge in [0.2, 0.25) is 0 Å². The highest BCUT2D eigenvalue weighted by molar-refractivity contribution is 7.87. The molecule has 2 aromatic rings. The average Bonchev–Trinajstić information content (AvgIpc) is 2.71. The summed E-state index contributed by atoms with van der Waals surface area (Å²) < 4.78 is 40.1. The van der Waals surface area contributed by atoms with Gasteiger partial charge in [0.1, 0.15) is 12.1 Å². The number of nitrogens with one attached hydrogen (secondary N) is 2. The molecule has 1 aromatic heterocycles. The molecule has 0 radical (unpaired) electrons. The number of fused-ring (bicyclic) bond motifs is 1. The second kappa shape index (κ2) is 8.89. The summed E-state index contributed by atoms with van der Waals surface area (Å²) in [6.07, 6.45) is 3.69. The number of benzene rings is 1. The zero-order chi connectivity index (χ0) is 20.1. The van der Waals surface area contributed by atoms with Crippen LogP contribution in [0.2, 0.25) is 0 Å². The fourth-order valence-electron chi connectivity index (χ4n) is 3.33. The summed E-state index contributed by atoms with van der Waals surface area (Å²) in [5.41, 5.74) is 0.772. The summed E-state index contributed by atoms with van der Waals surface area (Å²) in [6.45, 7) is 3.76. The van der Waals surface area contributed by atoms with Gasteiger partial charge in [0.25, 0.3) is 10.2 Å². The first-order valence-electron chi connectivity index (χ1n) is 9.36. The molecular weight excluding hydrogens is 382 g/mol. The molecule has 0 amide bonds. The van der Waals surface area contributed by atoms with Crippen LogP contribution < -0.4 is 23.8 Å². The fourth-order valence-corrected chi connectivity index (χ4v) is 4.56. The number of methoxy groups -OCH3 is 2. The second-order valence-corrected chi connectivity index (χ2v) is 8.23. The van der Waals surface area contributed by atoms with Crippen LogP contribution >= 0.6 is 0 Å². The van der Waals surface area contributed by atoms with Gasteiger partial charge in [-0.3, -0.25) is 0 Å². The Morgan fingerprint density at radius 1 is 1.14 bits per heavy atom. The zero-order valence-electron chi connectivity index (χ0n) is 16.4. The lowest BCUT2D eigenvalue weighted by atomic mass is 10.1. The molecule has 1 aromatic carbocycles. The highest BCUT2D eigenvalue weighted by Crippen LogP contribution is 2.35. The van der Waals surface area contributed by atoms with E-state index in [2.05, 4.69) is 24.3 Å². The van der Waals surface area contributed by atoms with Gasteiger partial charge in [-0.05, 0) is 25.3 Å². The van der Waals surface area contributed by atoms with Gasteiger partial charge < -0.3 is 14.4 Å². The van der Waals surface area contributed by atoms with Crippen LogP contribution in [0.3, 0.4) is 0 Å². The molecule has 1 saturated heterocycles. The molecule has 1 aliphatic rings. The molecule has 9 nitrogen and oxygen atoms in total. The van der Waals surface area contributed by atoms with Crippen LogP contribution in [-0.4, -0.2) is 58.3 Å². The van der Waals surface area contributed by atoms with Crippen LogP contribution in [0.4, 0.5) is 5.82 Å². The Morgan fingerprint density at radius 2 is 1.82 bits per heavy atom. The van der Waals surface area contributed by atoms with Crippen molar-refractivity contribution in [3.05, 3.63) is 18.5 Å². The minimum atomic E-state index is -3.45. The van der Waals surface area contributed by atoms with Gasteiger partial charge in [-0.2, -0.15) is 13.1 Å². The van der Waals surface area contributed by atoms with Crippen molar-refractivity contribution in [2.75, 3.05) is 38.8 Å². The quantitative estimate of drug-likeness (QED) is 0.680. The molecule has 0 spiro atoms. The maximum absolute atomic E-state index is 12.0. The minimum absolute atomic E-state index is 0.0895. The lowest BCUT2D eigenvalue weighted by Crippen LogP contribution is -2.48. The zero-order valence-corrected chi connectivity index (χ0v) is 17.3. The topological polar surface area (TPSA) is 106 Å². The largest absolute Gasteiger partial charge is 0.493 e. The van der Waals surface area contributed by atoms with E-state index in [1.54, 1.807) is 14.2 Å². The third-order valence-corrected chi connectivity index (χ3v) is 6.01. The van der Waals surface area contributed by atoms with E-state index in [0.717, 1.165) is 23.1 Å². The average molecular weight is 410 g/mol. The van der Waals surface area contributed by atoms with Crippen molar-refractivity contribution in [2.24, 2.45) is 0 Å². The van der Waals surface area contributed by atoms with E-state index in [-0.39, 0.29) is 6.04 Å². The fraction of sp³-hybridized carbons (Fsp3) is 0.556. The summed E-state index contributed by atoms with van der Waals surface area (Å²) in [5, 5.41) is 0.879. The summed E-state index contributed by atoms with van der Waals surface area (Å²) in [4.78, 5) is 11.0. The number of rotatable bonds is 8. The lowest BCUT2D eigenvalue weighted by molar-refractivity contribution is 0.355. The van der Waals surface area contributed by atoms with Crippen molar-refractivity contribution in [2.45, 2.75) is 32.2 Å². The number of hydrogen-bond acceptors (Lipinski definition) is 7. The molecule has 0 unspecified atom stereocenters. The number of nitrogens with zero attached hydrogens (tertiary/aromatic N) is 3. The normalized spacial score (nSPS) is 15.8. The molecular formula is C18H27N5O4S. The third-order valence-electron chi connectivity index (χ3n) is 4.78. The SMILES string of the molecule is CCCNS(=O)(=O)NC1CCN(c2ncnc3cc(OC)c(OC)cc23)CC1. The van der Waals surface area contributed by atoms with Gasteiger partial charge in [0.15, 0.2) is 11.5 Å². The first-order valence-corrected chi connectivity index (χ1v) is 10.8. The van der Waals surface area contributed by atoms with Crippen molar-refractivity contribution in [3.8, 4) is 11.5 Å². The minimum Gasteiger partial charge on any atom is -0.493 e. The molecule has 28 heavy (non-hydrogen) atoms. The maximum atomic E-state index is 12.0. The number of anilines is 1. The van der Waals surface area contributed by atoms with Crippen molar-refractivity contribution >= 4 is 26.9 Å².